The molecule has 124 valence electrons. The average molecular weight is 327 g/mol. The molecule has 0 unspecified atom stereocenters. The summed E-state index contributed by atoms with van der Waals surface area (Å²) < 4.78 is 11.3. The second-order valence-corrected chi connectivity index (χ2v) is 5.09. The Labute approximate surface area is 139 Å². The lowest BCUT2D eigenvalue weighted by Crippen LogP contribution is -2.22. The molecule has 24 heavy (non-hydrogen) atoms. The summed E-state index contributed by atoms with van der Waals surface area (Å²) in [5, 5.41) is 23.1. The summed E-state index contributed by atoms with van der Waals surface area (Å²) in [6.45, 7) is 3.43. The van der Waals surface area contributed by atoms with Gasteiger partial charge in [-0.3, -0.25) is 4.79 Å². The Balaban J connectivity index is 2.54. The third-order valence-corrected chi connectivity index (χ3v) is 3.50. The number of pyridine rings is 1. The Bertz CT molecular complexity index is 882. The van der Waals surface area contributed by atoms with Crippen molar-refractivity contribution in [3.8, 4) is 23.3 Å². The molecular weight excluding hydrogens is 310 g/mol. The van der Waals surface area contributed by atoms with Gasteiger partial charge >= 0.3 is 0 Å². The van der Waals surface area contributed by atoms with Crippen molar-refractivity contribution in [3.05, 3.63) is 50.9 Å². The number of aromatic nitrogens is 1. The minimum atomic E-state index is -0.482. The molecule has 1 aromatic carbocycles. The summed E-state index contributed by atoms with van der Waals surface area (Å²) >= 11 is 0. The van der Waals surface area contributed by atoms with Gasteiger partial charge in [0.1, 0.15) is 11.6 Å². The van der Waals surface area contributed by atoms with Crippen molar-refractivity contribution in [1.29, 1.82) is 5.26 Å². The highest BCUT2D eigenvalue weighted by Crippen LogP contribution is 2.36. The lowest BCUT2D eigenvalue weighted by Gasteiger charge is -2.10. The molecule has 0 saturated carbocycles. The van der Waals surface area contributed by atoms with Crippen LogP contribution in [0.15, 0.2) is 28.1 Å². The predicted molar refractivity (Wildman–Crippen MR) is 89.1 cm³/mol. The van der Waals surface area contributed by atoms with Crippen LogP contribution in [0.2, 0.25) is 0 Å². The average Bonchev–Trinajstić information content (AvgIpc) is 2.55. The number of aromatic hydroxyl groups is 1. The van der Waals surface area contributed by atoms with E-state index in [9.17, 15) is 9.90 Å². The number of nitriles is 1. The van der Waals surface area contributed by atoms with E-state index < -0.39 is 5.56 Å². The zero-order valence-electron chi connectivity index (χ0n) is 13.8. The molecule has 1 N–H and O–H groups in total. The standard InChI is InChI=1S/C17H17N3O4/c1-10-5-11(2)20(17(22)13(10)8-18)19-9-12-6-14(23-3)16(21)15(7-12)24-4/h5-7,9,21H,1-4H3/b19-9+. The fraction of sp³-hybridized carbons (Fsp3) is 0.235. The zero-order chi connectivity index (χ0) is 17.9. The molecule has 1 aromatic heterocycles. The quantitative estimate of drug-likeness (QED) is 0.866. The first-order valence-electron chi connectivity index (χ1n) is 7.05. The van der Waals surface area contributed by atoms with Crippen LogP contribution < -0.4 is 15.0 Å². The monoisotopic (exact) mass is 327 g/mol. The van der Waals surface area contributed by atoms with Gasteiger partial charge in [0.15, 0.2) is 11.5 Å². The van der Waals surface area contributed by atoms with Gasteiger partial charge in [0.2, 0.25) is 5.75 Å². The van der Waals surface area contributed by atoms with Crippen LogP contribution in [-0.4, -0.2) is 30.2 Å². The number of hydrogen-bond donors (Lipinski definition) is 1. The summed E-state index contributed by atoms with van der Waals surface area (Å²) in [7, 11) is 2.84. The smallest absolute Gasteiger partial charge is 0.289 e. The summed E-state index contributed by atoms with van der Waals surface area (Å²) in [5.41, 5.74) is 1.35. The fourth-order valence-electron chi connectivity index (χ4n) is 2.27. The van der Waals surface area contributed by atoms with Crippen LogP contribution in [0.1, 0.15) is 22.4 Å². The zero-order valence-corrected chi connectivity index (χ0v) is 13.8. The van der Waals surface area contributed by atoms with Gasteiger partial charge in [0, 0.05) is 11.3 Å². The largest absolute Gasteiger partial charge is 0.502 e. The van der Waals surface area contributed by atoms with Crippen LogP contribution in [0.25, 0.3) is 0 Å². The highest BCUT2D eigenvalue weighted by Gasteiger charge is 2.11. The Morgan fingerprint density at radius 2 is 1.79 bits per heavy atom. The number of hydrogen-bond acceptors (Lipinski definition) is 6. The molecule has 0 saturated heterocycles. The second kappa shape index (κ2) is 6.87. The molecule has 2 rings (SSSR count). The molecule has 1 heterocycles. The van der Waals surface area contributed by atoms with E-state index in [1.807, 2.05) is 6.07 Å². The molecule has 0 atom stereocenters. The first kappa shape index (κ1) is 17.1. The highest BCUT2D eigenvalue weighted by molar-refractivity contribution is 5.82. The summed E-state index contributed by atoms with van der Waals surface area (Å²) in [6, 6.07) is 6.72. The van der Waals surface area contributed by atoms with Gasteiger partial charge in [-0.15, -0.1) is 0 Å². The third kappa shape index (κ3) is 3.08. The summed E-state index contributed by atoms with van der Waals surface area (Å²) in [6.07, 6.45) is 1.43. The maximum absolute atomic E-state index is 12.3. The van der Waals surface area contributed by atoms with E-state index in [1.165, 1.54) is 20.4 Å². The van der Waals surface area contributed by atoms with E-state index in [0.717, 1.165) is 4.68 Å². The Morgan fingerprint density at radius 3 is 2.29 bits per heavy atom. The molecular formula is C17H17N3O4. The molecule has 0 bridgehead atoms. The van der Waals surface area contributed by atoms with Gasteiger partial charge < -0.3 is 14.6 Å². The maximum Gasteiger partial charge on any atom is 0.289 e. The first-order chi connectivity index (χ1) is 11.4. The Kier molecular flexibility index (Phi) is 4.90. The fourth-order valence-corrected chi connectivity index (χ4v) is 2.27. The number of benzene rings is 1. The molecule has 0 aliphatic carbocycles. The van der Waals surface area contributed by atoms with Crippen LogP contribution in [0.4, 0.5) is 0 Å². The van der Waals surface area contributed by atoms with E-state index >= 15 is 0 Å². The van der Waals surface area contributed by atoms with E-state index in [1.54, 1.807) is 32.0 Å². The molecule has 7 nitrogen and oxygen atoms in total. The van der Waals surface area contributed by atoms with E-state index in [0.29, 0.717) is 16.8 Å². The number of phenols is 1. The lowest BCUT2D eigenvalue weighted by atomic mass is 10.1. The van der Waals surface area contributed by atoms with Crippen LogP contribution in [-0.2, 0) is 0 Å². The van der Waals surface area contributed by atoms with Crippen molar-refractivity contribution in [1.82, 2.24) is 4.68 Å². The van der Waals surface area contributed by atoms with Gasteiger partial charge in [-0.05, 0) is 37.6 Å². The van der Waals surface area contributed by atoms with Gasteiger partial charge in [0.05, 0.1) is 20.4 Å². The molecule has 0 aliphatic rings. The Hall–Kier alpha value is -3.27. The molecule has 0 aliphatic heterocycles. The minimum absolute atomic E-state index is 0.0543. The van der Waals surface area contributed by atoms with E-state index in [4.69, 9.17) is 14.7 Å². The number of aryl methyl sites for hydroxylation is 2. The van der Waals surface area contributed by atoms with Crippen molar-refractivity contribution in [2.24, 2.45) is 5.10 Å². The van der Waals surface area contributed by atoms with Crippen LogP contribution in [0.5, 0.6) is 17.2 Å². The molecule has 0 spiro atoms. The first-order valence-corrected chi connectivity index (χ1v) is 7.05. The van der Waals surface area contributed by atoms with Gasteiger partial charge in [-0.1, -0.05) is 0 Å². The Morgan fingerprint density at radius 1 is 1.21 bits per heavy atom. The normalized spacial score (nSPS) is 10.6. The molecule has 0 fully saturated rings. The number of ether oxygens (including phenoxy) is 2. The van der Waals surface area contributed by atoms with Crippen molar-refractivity contribution < 1.29 is 14.6 Å². The molecule has 0 radical (unpaired) electrons. The molecule has 0 amide bonds. The van der Waals surface area contributed by atoms with Crippen molar-refractivity contribution >= 4 is 6.21 Å². The van der Waals surface area contributed by atoms with Crippen LogP contribution >= 0.6 is 0 Å². The highest BCUT2D eigenvalue weighted by atomic mass is 16.5. The molecule has 7 heteroatoms. The molecule has 2 aromatic rings. The van der Waals surface area contributed by atoms with Gasteiger partial charge in [-0.2, -0.15) is 10.4 Å². The second-order valence-electron chi connectivity index (χ2n) is 5.09. The van der Waals surface area contributed by atoms with Crippen molar-refractivity contribution in [2.45, 2.75) is 13.8 Å². The van der Waals surface area contributed by atoms with Gasteiger partial charge in [0.25, 0.3) is 5.56 Å². The minimum Gasteiger partial charge on any atom is -0.502 e. The topological polar surface area (TPSA) is 96.8 Å². The number of nitrogens with zero attached hydrogens (tertiary/aromatic N) is 3. The number of rotatable bonds is 4. The third-order valence-electron chi connectivity index (χ3n) is 3.50. The van der Waals surface area contributed by atoms with Crippen LogP contribution in [0.3, 0.4) is 0 Å². The van der Waals surface area contributed by atoms with E-state index in [-0.39, 0.29) is 22.8 Å². The van der Waals surface area contributed by atoms with Crippen molar-refractivity contribution in [2.75, 3.05) is 14.2 Å². The van der Waals surface area contributed by atoms with Gasteiger partial charge in [-0.25, -0.2) is 4.68 Å². The number of methoxy groups -OCH3 is 2. The maximum atomic E-state index is 12.3. The van der Waals surface area contributed by atoms with E-state index in [2.05, 4.69) is 5.10 Å². The SMILES string of the molecule is COc1cc(/C=N/n2c(C)cc(C)c(C#N)c2=O)cc(OC)c1O. The summed E-state index contributed by atoms with van der Waals surface area (Å²) in [4.78, 5) is 12.3. The summed E-state index contributed by atoms with van der Waals surface area (Å²) in [5.74, 6) is 0.329. The van der Waals surface area contributed by atoms with Crippen LogP contribution in [0, 0.1) is 25.2 Å². The van der Waals surface area contributed by atoms with Crippen molar-refractivity contribution in [3.63, 3.8) is 0 Å². The number of phenolic OH excluding ortho intramolecular Hbond substituents is 1. The lowest BCUT2D eigenvalue weighted by molar-refractivity contribution is 0.340. The predicted octanol–water partition coefficient (Wildman–Crippen LogP) is 1.94.